The highest BCUT2D eigenvalue weighted by Crippen LogP contribution is 2.31. The molecule has 0 fully saturated rings. The van der Waals surface area contributed by atoms with Crippen LogP contribution in [-0.2, 0) is 6.42 Å². The van der Waals surface area contributed by atoms with Crippen LogP contribution in [0.4, 0.5) is 5.82 Å². The standard InChI is InChI=1S/C8H7N3O/c9-3-5-4-11-8(10)6-1-2-12-7(5)6/h4H,1-2H2,(H2,10,11). The molecule has 0 amide bonds. The monoisotopic (exact) mass is 161 g/mol. The van der Waals surface area contributed by atoms with E-state index in [0.29, 0.717) is 23.7 Å². The average Bonchev–Trinajstić information content (AvgIpc) is 2.54. The zero-order valence-corrected chi connectivity index (χ0v) is 6.37. The van der Waals surface area contributed by atoms with Crippen LogP contribution < -0.4 is 10.5 Å². The van der Waals surface area contributed by atoms with Crippen LogP contribution in [0.1, 0.15) is 11.1 Å². The van der Waals surface area contributed by atoms with E-state index in [-0.39, 0.29) is 0 Å². The molecule has 0 atom stereocenters. The molecule has 1 aromatic heterocycles. The molecule has 0 radical (unpaired) electrons. The van der Waals surface area contributed by atoms with Crippen LogP contribution >= 0.6 is 0 Å². The molecule has 0 aliphatic carbocycles. The Kier molecular flexibility index (Phi) is 1.37. The van der Waals surface area contributed by atoms with Crippen LogP contribution in [0.15, 0.2) is 6.20 Å². The second-order valence-corrected chi connectivity index (χ2v) is 2.58. The normalized spacial score (nSPS) is 13.2. The van der Waals surface area contributed by atoms with Crippen molar-refractivity contribution < 1.29 is 4.74 Å². The number of hydrogen-bond donors (Lipinski definition) is 1. The highest BCUT2D eigenvalue weighted by atomic mass is 16.5. The predicted molar refractivity (Wildman–Crippen MR) is 42.6 cm³/mol. The summed E-state index contributed by atoms with van der Waals surface area (Å²) in [5.41, 5.74) is 6.93. The number of nitrogens with zero attached hydrogens (tertiary/aromatic N) is 2. The lowest BCUT2D eigenvalue weighted by Crippen LogP contribution is -1.96. The van der Waals surface area contributed by atoms with Gasteiger partial charge in [0.05, 0.1) is 12.8 Å². The summed E-state index contributed by atoms with van der Waals surface area (Å²) in [5.74, 6) is 1.09. The van der Waals surface area contributed by atoms with Crippen LogP contribution in [0, 0.1) is 11.3 Å². The molecule has 0 unspecified atom stereocenters. The van der Waals surface area contributed by atoms with E-state index < -0.39 is 0 Å². The summed E-state index contributed by atoms with van der Waals surface area (Å²) in [4.78, 5) is 3.90. The fraction of sp³-hybridized carbons (Fsp3) is 0.250. The number of anilines is 1. The Morgan fingerprint density at radius 2 is 2.50 bits per heavy atom. The molecule has 0 aromatic carbocycles. The zero-order valence-electron chi connectivity index (χ0n) is 6.37. The molecule has 2 heterocycles. The number of rotatable bonds is 0. The second kappa shape index (κ2) is 2.38. The van der Waals surface area contributed by atoms with Gasteiger partial charge in [-0.1, -0.05) is 0 Å². The minimum Gasteiger partial charge on any atom is -0.491 e. The van der Waals surface area contributed by atoms with Crippen molar-refractivity contribution in [2.24, 2.45) is 0 Å². The fourth-order valence-corrected chi connectivity index (χ4v) is 1.29. The molecule has 0 saturated heterocycles. The van der Waals surface area contributed by atoms with Gasteiger partial charge in [-0.25, -0.2) is 4.98 Å². The Labute approximate surface area is 69.6 Å². The summed E-state index contributed by atoms with van der Waals surface area (Å²) in [5, 5.41) is 8.68. The molecule has 0 bridgehead atoms. The van der Waals surface area contributed by atoms with Crippen LogP contribution in [0.25, 0.3) is 0 Å². The van der Waals surface area contributed by atoms with Gasteiger partial charge in [0, 0.05) is 12.0 Å². The fourth-order valence-electron chi connectivity index (χ4n) is 1.29. The Bertz CT molecular complexity index is 367. The highest BCUT2D eigenvalue weighted by molar-refractivity contribution is 5.57. The molecule has 1 aromatic rings. The van der Waals surface area contributed by atoms with E-state index in [2.05, 4.69) is 4.98 Å². The van der Waals surface area contributed by atoms with Gasteiger partial charge in [-0.3, -0.25) is 0 Å². The maximum atomic E-state index is 8.68. The topological polar surface area (TPSA) is 71.9 Å². The lowest BCUT2D eigenvalue weighted by atomic mass is 10.1. The van der Waals surface area contributed by atoms with E-state index in [0.717, 1.165) is 12.0 Å². The Morgan fingerprint density at radius 3 is 3.25 bits per heavy atom. The van der Waals surface area contributed by atoms with E-state index in [1.54, 1.807) is 0 Å². The molecule has 60 valence electrons. The molecule has 1 aliphatic rings. The van der Waals surface area contributed by atoms with E-state index >= 15 is 0 Å². The molecule has 2 N–H and O–H groups in total. The summed E-state index contributed by atoms with van der Waals surface area (Å²) in [6, 6.07) is 2.01. The number of hydrogen-bond acceptors (Lipinski definition) is 4. The number of nitrogens with two attached hydrogens (primary N) is 1. The predicted octanol–water partition coefficient (Wildman–Crippen LogP) is 0.470. The van der Waals surface area contributed by atoms with Crippen molar-refractivity contribution in [1.82, 2.24) is 4.98 Å². The highest BCUT2D eigenvalue weighted by Gasteiger charge is 2.19. The SMILES string of the molecule is N#Cc1cnc(N)c2c1OCC2. The van der Waals surface area contributed by atoms with Crippen LogP contribution in [0.5, 0.6) is 5.75 Å². The van der Waals surface area contributed by atoms with Gasteiger partial charge in [-0.05, 0) is 0 Å². The van der Waals surface area contributed by atoms with Crippen LogP contribution in [-0.4, -0.2) is 11.6 Å². The Morgan fingerprint density at radius 1 is 1.67 bits per heavy atom. The molecule has 0 saturated carbocycles. The van der Waals surface area contributed by atoms with E-state index in [4.69, 9.17) is 15.7 Å². The largest absolute Gasteiger partial charge is 0.491 e. The second-order valence-electron chi connectivity index (χ2n) is 2.58. The Hall–Kier alpha value is -1.76. The first-order valence-electron chi connectivity index (χ1n) is 3.63. The first kappa shape index (κ1) is 6.92. The molecule has 1 aliphatic heterocycles. The summed E-state index contributed by atoms with van der Waals surface area (Å²) in [7, 11) is 0. The van der Waals surface area contributed by atoms with Gasteiger partial charge in [0.1, 0.15) is 23.2 Å². The first-order chi connectivity index (χ1) is 5.83. The van der Waals surface area contributed by atoms with Gasteiger partial charge in [-0.15, -0.1) is 0 Å². The van der Waals surface area contributed by atoms with Gasteiger partial charge in [0.15, 0.2) is 0 Å². The summed E-state index contributed by atoms with van der Waals surface area (Å²) in [6.07, 6.45) is 2.20. The third-order valence-corrected chi connectivity index (χ3v) is 1.88. The first-order valence-corrected chi connectivity index (χ1v) is 3.63. The maximum absolute atomic E-state index is 8.68. The third-order valence-electron chi connectivity index (χ3n) is 1.88. The number of aromatic nitrogens is 1. The van der Waals surface area contributed by atoms with Gasteiger partial charge in [0.2, 0.25) is 0 Å². The van der Waals surface area contributed by atoms with Crippen molar-refractivity contribution >= 4 is 5.82 Å². The number of nitrogen functional groups attached to an aromatic ring is 1. The van der Waals surface area contributed by atoms with E-state index in [1.165, 1.54) is 6.20 Å². The number of pyridine rings is 1. The number of nitriles is 1. The van der Waals surface area contributed by atoms with Crippen molar-refractivity contribution in [3.05, 3.63) is 17.3 Å². The summed E-state index contributed by atoms with van der Waals surface area (Å²) in [6.45, 7) is 0.597. The summed E-state index contributed by atoms with van der Waals surface area (Å²) < 4.78 is 5.26. The van der Waals surface area contributed by atoms with Crippen molar-refractivity contribution in [3.8, 4) is 11.8 Å². The van der Waals surface area contributed by atoms with Crippen LogP contribution in [0.2, 0.25) is 0 Å². The minimum atomic E-state index is 0.469. The van der Waals surface area contributed by atoms with Crippen molar-refractivity contribution in [2.45, 2.75) is 6.42 Å². The molecule has 4 heteroatoms. The lowest BCUT2D eigenvalue weighted by molar-refractivity contribution is 0.356. The maximum Gasteiger partial charge on any atom is 0.145 e. The number of fused-ring (bicyclic) bond motifs is 1. The molecule has 4 nitrogen and oxygen atoms in total. The van der Waals surface area contributed by atoms with Gasteiger partial charge in [0.25, 0.3) is 0 Å². The molecule has 12 heavy (non-hydrogen) atoms. The third kappa shape index (κ3) is 0.800. The summed E-state index contributed by atoms with van der Waals surface area (Å²) >= 11 is 0. The quantitative estimate of drug-likeness (QED) is 0.600. The van der Waals surface area contributed by atoms with Crippen molar-refractivity contribution in [1.29, 1.82) is 5.26 Å². The van der Waals surface area contributed by atoms with Gasteiger partial charge in [-0.2, -0.15) is 5.26 Å². The van der Waals surface area contributed by atoms with Crippen LogP contribution in [0.3, 0.4) is 0 Å². The van der Waals surface area contributed by atoms with Crippen molar-refractivity contribution in [2.75, 3.05) is 12.3 Å². The minimum absolute atomic E-state index is 0.469. The zero-order chi connectivity index (χ0) is 8.55. The van der Waals surface area contributed by atoms with Gasteiger partial charge >= 0.3 is 0 Å². The molecular weight excluding hydrogens is 154 g/mol. The molecular formula is C8H7N3O. The number of ether oxygens (including phenoxy) is 1. The molecule has 2 rings (SSSR count). The van der Waals surface area contributed by atoms with E-state index in [1.807, 2.05) is 6.07 Å². The average molecular weight is 161 g/mol. The van der Waals surface area contributed by atoms with E-state index in [9.17, 15) is 0 Å². The Balaban J connectivity index is 2.66. The molecule has 0 spiro atoms. The van der Waals surface area contributed by atoms with Gasteiger partial charge < -0.3 is 10.5 Å². The lowest BCUT2D eigenvalue weighted by Gasteiger charge is -2.01. The van der Waals surface area contributed by atoms with Crippen molar-refractivity contribution in [3.63, 3.8) is 0 Å². The smallest absolute Gasteiger partial charge is 0.145 e.